The smallest absolute Gasteiger partial charge is 0.0260 e. The second kappa shape index (κ2) is 12.5. The van der Waals surface area contributed by atoms with E-state index in [0.29, 0.717) is 0 Å². The summed E-state index contributed by atoms with van der Waals surface area (Å²) in [6, 6.07) is 0. The Kier molecular flexibility index (Phi) is 12.3. The Morgan fingerprint density at radius 3 is 1.95 bits per heavy atom. The van der Waals surface area contributed by atoms with Crippen molar-refractivity contribution in [1.82, 2.24) is 0 Å². The van der Waals surface area contributed by atoms with Crippen molar-refractivity contribution < 1.29 is 0 Å². The van der Waals surface area contributed by atoms with Gasteiger partial charge in [-0.25, -0.2) is 0 Å². The van der Waals surface area contributed by atoms with Gasteiger partial charge in [-0.3, -0.25) is 0 Å². The molecule has 4 unspecified atom stereocenters. The molecule has 0 aliphatic rings. The van der Waals surface area contributed by atoms with Crippen molar-refractivity contribution in [2.75, 3.05) is 0 Å². The largest absolute Gasteiger partial charge is 0.0914 e. The average Bonchev–Trinajstić information content (AvgIpc) is 2.34. The Bertz CT molecular complexity index is 228. The maximum Gasteiger partial charge on any atom is -0.0260 e. The van der Waals surface area contributed by atoms with E-state index in [-0.39, 0.29) is 0 Å². The molecular formula is C20H40. The van der Waals surface area contributed by atoms with Crippen LogP contribution in [0.15, 0.2) is 12.2 Å². The first-order valence-electron chi connectivity index (χ1n) is 9.12. The maximum atomic E-state index is 2.46. The predicted octanol–water partition coefficient (Wildman–Crippen LogP) is 7.25. The Hall–Kier alpha value is -0.260. The minimum Gasteiger partial charge on any atom is -0.0914 e. The van der Waals surface area contributed by atoms with Crippen LogP contribution in [-0.4, -0.2) is 0 Å². The van der Waals surface area contributed by atoms with Crippen LogP contribution < -0.4 is 0 Å². The molecule has 0 amide bonds. The number of hydrogen-bond donors (Lipinski definition) is 0. The molecule has 0 heterocycles. The van der Waals surface area contributed by atoms with Crippen LogP contribution in [0, 0.1) is 23.7 Å². The van der Waals surface area contributed by atoms with Gasteiger partial charge in [0, 0.05) is 0 Å². The van der Waals surface area contributed by atoms with Crippen LogP contribution in [0.2, 0.25) is 0 Å². The quantitative estimate of drug-likeness (QED) is 0.261. The Balaban J connectivity index is 3.76. The van der Waals surface area contributed by atoms with E-state index >= 15 is 0 Å². The van der Waals surface area contributed by atoms with E-state index in [0.717, 1.165) is 23.7 Å². The van der Waals surface area contributed by atoms with Gasteiger partial charge in [0.05, 0.1) is 0 Å². The minimum absolute atomic E-state index is 0.744. The molecule has 0 nitrogen and oxygen atoms in total. The van der Waals surface area contributed by atoms with Crippen molar-refractivity contribution in [2.45, 2.75) is 92.9 Å². The Morgan fingerprint density at radius 1 is 0.750 bits per heavy atom. The van der Waals surface area contributed by atoms with Crippen molar-refractivity contribution in [1.29, 1.82) is 0 Å². The highest BCUT2D eigenvalue weighted by molar-refractivity contribution is 4.83. The number of rotatable bonds is 12. The molecule has 0 bridgehead atoms. The maximum absolute atomic E-state index is 2.46. The van der Waals surface area contributed by atoms with Crippen LogP contribution in [0.25, 0.3) is 0 Å². The van der Waals surface area contributed by atoms with Gasteiger partial charge >= 0.3 is 0 Å². The van der Waals surface area contributed by atoms with Crippen LogP contribution in [0.4, 0.5) is 0 Å². The van der Waals surface area contributed by atoms with Crippen LogP contribution in [0.3, 0.4) is 0 Å². The van der Waals surface area contributed by atoms with E-state index in [1.165, 1.54) is 51.4 Å². The fourth-order valence-corrected chi connectivity index (χ4v) is 3.65. The van der Waals surface area contributed by atoms with Gasteiger partial charge in [0.1, 0.15) is 0 Å². The zero-order valence-electron chi connectivity index (χ0n) is 15.1. The van der Waals surface area contributed by atoms with Crippen molar-refractivity contribution in [3.63, 3.8) is 0 Å². The van der Waals surface area contributed by atoms with Crippen LogP contribution in [-0.2, 0) is 0 Å². The van der Waals surface area contributed by atoms with Gasteiger partial charge in [-0.1, -0.05) is 78.9 Å². The van der Waals surface area contributed by atoms with Crippen molar-refractivity contribution in [3.05, 3.63) is 12.2 Å². The summed E-state index contributed by atoms with van der Waals surface area (Å²) in [4.78, 5) is 0. The summed E-state index contributed by atoms with van der Waals surface area (Å²) in [6.45, 7) is 14.1. The number of allylic oxidation sites excluding steroid dienone is 2. The second-order valence-electron chi connectivity index (χ2n) is 7.38. The lowest BCUT2D eigenvalue weighted by atomic mass is 9.84. The van der Waals surface area contributed by atoms with Gasteiger partial charge in [0.25, 0.3) is 0 Å². The Morgan fingerprint density at radius 2 is 1.35 bits per heavy atom. The lowest BCUT2D eigenvalue weighted by Crippen LogP contribution is -2.10. The van der Waals surface area contributed by atoms with Crippen LogP contribution >= 0.6 is 0 Å². The molecule has 120 valence electrons. The van der Waals surface area contributed by atoms with Crippen molar-refractivity contribution in [3.8, 4) is 0 Å². The highest BCUT2D eigenvalue weighted by Gasteiger charge is 2.13. The topological polar surface area (TPSA) is 0 Å². The molecule has 0 N–H and O–H groups in total. The van der Waals surface area contributed by atoms with Crippen LogP contribution in [0.1, 0.15) is 92.9 Å². The molecule has 0 heteroatoms. The summed E-state index contributed by atoms with van der Waals surface area (Å²) >= 11 is 0. The molecule has 0 radical (unpaired) electrons. The molecule has 0 rings (SSSR count). The molecule has 0 aromatic carbocycles. The third kappa shape index (κ3) is 11.6. The molecule has 0 spiro atoms. The molecule has 0 aliphatic heterocycles. The molecule has 0 aromatic heterocycles. The lowest BCUT2D eigenvalue weighted by molar-refractivity contribution is 0.309. The molecule has 0 saturated carbocycles. The third-order valence-corrected chi connectivity index (χ3v) is 4.46. The lowest BCUT2D eigenvalue weighted by Gasteiger charge is -2.22. The Labute approximate surface area is 129 Å². The first-order chi connectivity index (χ1) is 9.49. The van der Waals surface area contributed by atoms with Gasteiger partial charge < -0.3 is 0 Å². The third-order valence-electron chi connectivity index (χ3n) is 4.46. The first kappa shape index (κ1) is 19.7. The summed E-state index contributed by atoms with van der Waals surface area (Å²) in [5, 5.41) is 0. The zero-order chi connectivity index (χ0) is 15.4. The summed E-state index contributed by atoms with van der Waals surface area (Å²) < 4.78 is 0. The second-order valence-corrected chi connectivity index (χ2v) is 7.38. The molecule has 4 atom stereocenters. The van der Waals surface area contributed by atoms with E-state index < -0.39 is 0 Å². The molecule has 0 aliphatic carbocycles. The van der Waals surface area contributed by atoms with Crippen molar-refractivity contribution in [2.24, 2.45) is 23.7 Å². The summed E-state index contributed by atoms with van der Waals surface area (Å²) in [6.07, 6.45) is 15.8. The van der Waals surface area contributed by atoms with E-state index in [4.69, 9.17) is 0 Å². The van der Waals surface area contributed by atoms with E-state index in [2.05, 4.69) is 53.7 Å². The SMILES string of the molecule is C/C=C/C(C)CC(C)CC(C)CC(C)CCCCCC. The molecule has 0 fully saturated rings. The van der Waals surface area contributed by atoms with Gasteiger partial charge in [0.2, 0.25) is 0 Å². The summed E-state index contributed by atoms with van der Waals surface area (Å²) in [5.74, 6) is 3.42. The first-order valence-corrected chi connectivity index (χ1v) is 9.12. The summed E-state index contributed by atoms with van der Waals surface area (Å²) in [7, 11) is 0. The van der Waals surface area contributed by atoms with Crippen LogP contribution in [0.5, 0.6) is 0 Å². The zero-order valence-corrected chi connectivity index (χ0v) is 15.1. The number of unbranched alkanes of at least 4 members (excludes halogenated alkanes) is 3. The van der Waals surface area contributed by atoms with Gasteiger partial charge in [0.15, 0.2) is 0 Å². The molecular weight excluding hydrogens is 240 g/mol. The molecule has 0 aromatic rings. The van der Waals surface area contributed by atoms with Gasteiger partial charge in [-0.05, 0) is 49.9 Å². The van der Waals surface area contributed by atoms with Crippen molar-refractivity contribution >= 4 is 0 Å². The predicted molar refractivity (Wildman–Crippen MR) is 94.1 cm³/mol. The number of hydrogen-bond acceptors (Lipinski definition) is 0. The highest BCUT2D eigenvalue weighted by atomic mass is 14.2. The molecule has 20 heavy (non-hydrogen) atoms. The van der Waals surface area contributed by atoms with E-state index in [9.17, 15) is 0 Å². The fourth-order valence-electron chi connectivity index (χ4n) is 3.65. The van der Waals surface area contributed by atoms with E-state index in [1.807, 2.05) is 0 Å². The standard InChI is InChI=1S/C20H40/c1-7-9-10-11-13-18(4)15-20(6)16-19(5)14-17(3)12-8-2/h8,12,17-20H,7,9-11,13-16H2,1-6H3/b12-8+. The van der Waals surface area contributed by atoms with Gasteiger partial charge in [-0.2, -0.15) is 0 Å². The monoisotopic (exact) mass is 280 g/mol. The average molecular weight is 281 g/mol. The van der Waals surface area contributed by atoms with E-state index in [1.54, 1.807) is 0 Å². The summed E-state index contributed by atoms with van der Waals surface area (Å²) in [5.41, 5.74) is 0. The highest BCUT2D eigenvalue weighted by Crippen LogP contribution is 2.26. The fraction of sp³-hybridized carbons (Fsp3) is 0.900. The normalized spacial score (nSPS) is 18.1. The molecule has 0 saturated heterocycles. The minimum atomic E-state index is 0.744. The van der Waals surface area contributed by atoms with Gasteiger partial charge in [-0.15, -0.1) is 0 Å².